The highest BCUT2D eigenvalue weighted by molar-refractivity contribution is 6.34. The minimum Gasteiger partial charge on any atom is -0.493 e. The Kier molecular flexibility index (Phi) is 4.86. The molecule has 1 heterocycles. The van der Waals surface area contributed by atoms with Crippen molar-refractivity contribution >= 4 is 22.6 Å². The molecule has 0 bridgehead atoms. The van der Waals surface area contributed by atoms with Gasteiger partial charge < -0.3 is 18.6 Å². The van der Waals surface area contributed by atoms with Crippen LogP contribution >= 0.6 is 11.6 Å². The number of hydrogen-bond acceptors (Lipinski definition) is 5. The second-order valence-corrected chi connectivity index (χ2v) is 5.64. The fourth-order valence-electron chi connectivity index (χ4n) is 2.62. The molecule has 0 spiro atoms. The lowest BCUT2D eigenvalue weighted by molar-refractivity contribution is 0.297. The van der Waals surface area contributed by atoms with Gasteiger partial charge in [0.25, 0.3) is 0 Å². The van der Waals surface area contributed by atoms with Crippen LogP contribution in [0.2, 0.25) is 5.02 Å². The summed E-state index contributed by atoms with van der Waals surface area (Å²) in [6.07, 6.45) is 0. The lowest BCUT2D eigenvalue weighted by Gasteiger charge is -2.15. The predicted molar refractivity (Wildman–Crippen MR) is 97.2 cm³/mol. The van der Waals surface area contributed by atoms with Crippen LogP contribution in [0.5, 0.6) is 17.2 Å². The molecule has 0 amide bonds. The SMILES string of the molecule is CCOc1cc(-c2cc(=O)c3cccc(Cl)c3o2)cc(OC)c1OC. The third-order valence-corrected chi connectivity index (χ3v) is 4.03. The van der Waals surface area contributed by atoms with Gasteiger partial charge in [-0.05, 0) is 31.2 Å². The van der Waals surface area contributed by atoms with Crippen LogP contribution in [0.3, 0.4) is 0 Å². The van der Waals surface area contributed by atoms with E-state index >= 15 is 0 Å². The van der Waals surface area contributed by atoms with E-state index in [2.05, 4.69) is 0 Å². The van der Waals surface area contributed by atoms with Crippen LogP contribution in [0.4, 0.5) is 0 Å². The first kappa shape index (κ1) is 17.2. The number of ether oxygens (including phenoxy) is 3. The quantitative estimate of drug-likeness (QED) is 0.669. The maximum absolute atomic E-state index is 12.4. The van der Waals surface area contributed by atoms with Crippen molar-refractivity contribution in [3.8, 4) is 28.6 Å². The molecule has 6 heteroatoms. The van der Waals surface area contributed by atoms with Crippen molar-refractivity contribution in [1.29, 1.82) is 0 Å². The summed E-state index contributed by atoms with van der Waals surface area (Å²) in [6, 6.07) is 9.96. The molecule has 3 aromatic rings. The van der Waals surface area contributed by atoms with Crippen molar-refractivity contribution in [2.45, 2.75) is 6.92 Å². The fraction of sp³-hybridized carbons (Fsp3) is 0.211. The summed E-state index contributed by atoms with van der Waals surface area (Å²) in [6.45, 7) is 2.32. The van der Waals surface area contributed by atoms with E-state index in [1.807, 2.05) is 6.92 Å². The van der Waals surface area contributed by atoms with Gasteiger partial charge in [-0.15, -0.1) is 0 Å². The van der Waals surface area contributed by atoms with Gasteiger partial charge in [0.05, 0.1) is 31.2 Å². The van der Waals surface area contributed by atoms with E-state index in [0.717, 1.165) is 0 Å². The van der Waals surface area contributed by atoms with E-state index in [1.165, 1.54) is 20.3 Å². The van der Waals surface area contributed by atoms with E-state index in [-0.39, 0.29) is 5.43 Å². The maximum Gasteiger partial charge on any atom is 0.203 e. The van der Waals surface area contributed by atoms with Gasteiger partial charge in [0.15, 0.2) is 22.5 Å². The zero-order valence-electron chi connectivity index (χ0n) is 14.1. The fourth-order valence-corrected chi connectivity index (χ4v) is 2.83. The van der Waals surface area contributed by atoms with E-state index in [1.54, 1.807) is 30.3 Å². The Labute approximate surface area is 149 Å². The number of para-hydroxylation sites is 1. The third kappa shape index (κ3) is 3.15. The molecule has 3 rings (SSSR count). The summed E-state index contributed by atoms with van der Waals surface area (Å²) >= 11 is 6.17. The number of fused-ring (bicyclic) bond motifs is 1. The molecule has 2 aromatic carbocycles. The van der Waals surface area contributed by atoms with Gasteiger partial charge in [-0.2, -0.15) is 0 Å². The van der Waals surface area contributed by atoms with Crippen LogP contribution in [0.1, 0.15) is 6.92 Å². The van der Waals surface area contributed by atoms with Crippen LogP contribution in [-0.2, 0) is 0 Å². The molecule has 5 nitrogen and oxygen atoms in total. The largest absolute Gasteiger partial charge is 0.493 e. The van der Waals surface area contributed by atoms with E-state index in [9.17, 15) is 4.79 Å². The minimum absolute atomic E-state index is 0.175. The highest BCUT2D eigenvalue weighted by Gasteiger charge is 2.17. The Balaban J connectivity index is 2.25. The number of methoxy groups -OCH3 is 2. The standard InChI is InChI=1S/C19H17ClO5/c1-4-24-17-9-11(8-16(22-2)19(17)23-3)15-10-14(21)12-6-5-7-13(20)18(12)25-15/h5-10H,4H2,1-3H3. The summed E-state index contributed by atoms with van der Waals surface area (Å²) < 4.78 is 22.2. The zero-order chi connectivity index (χ0) is 18.0. The minimum atomic E-state index is -0.175. The Bertz CT molecular complexity index is 977. The van der Waals surface area contributed by atoms with Crippen molar-refractivity contribution in [2.75, 3.05) is 20.8 Å². The van der Waals surface area contributed by atoms with Crippen molar-refractivity contribution < 1.29 is 18.6 Å². The number of rotatable bonds is 5. The predicted octanol–water partition coefficient (Wildman–Crippen LogP) is 4.53. The monoisotopic (exact) mass is 360 g/mol. The van der Waals surface area contributed by atoms with Crippen LogP contribution < -0.4 is 19.6 Å². The zero-order valence-corrected chi connectivity index (χ0v) is 14.8. The molecule has 0 atom stereocenters. The molecule has 0 radical (unpaired) electrons. The second kappa shape index (κ2) is 7.07. The first-order valence-electron chi connectivity index (χ1n) is 7.70. The molecule has 0 fully saturated rings. The van der Waals surface area contributed by atoms with Crippen molar-refractivity contribution in [1.82, 2.24) is 0 Å². The Hall–Kier alpha value is -2.66. The number of halogens is 1. The first-order valence-corrected chi connectivity index (χ1v) is 8.08. The van der Waals surface area contributed by atoms with E-state index in [0.29, 0.717) is 51.2 Å². The molecule has 0 unspecified atom stereocenters. The average Bonchev–Trinajstić information content (AvgIpc) is 2.62. The van der Waals surface area contributed by atoms with E-state index in [4.69, 9.17) is 30.2 Å². The lowest BCUT2D eigenvalue weighted by Crippen LogP contribution is -2.02. The second-order valence-electron chi connectivity index (χ2n) is 5.23. The van der Waals surface area contributed by atoms with Crippen LogP contribution in [0.25, 0.3) is 22.3 Å². The average molecular weight is 361 g/mol. The summed E-state index contributed by atoms with van der Waals surface area (Å²) in [7, 11) is 3.07. The van der Waals surface area contributed by atoms with Gasteiger partial charge in [0.2, 0.25) is 5.75 Å². The molecule has 130 valence electrons. The number of benzene rings is 2. The van der Waals surface area contributed by atoms with Crippen LogP contribution in [-0.4, -0.2) is 20.8 Å². The lowest BCUT2D eigenvalue weighted by atomic mass is 10.1. The normalized spacial score (nSPS) is 10.7. The van der Waals surface area contributed by atoms with Crippen LogP contribution in [0, 0.1) is 0 Å². The summed E-state index contributed by atoms with van der Waals surface area (Å²) in [5.74, 6) is 1.83. The smallest absolute Gasteiger partial charge is 0.203 e. The molecular weight excluding hydrogens is 344 g/mol. The molecule has 25 heavy (non-hydrogen) atoms. The molecule has 0 aliphatic heterocycles. The van der Waals surface area contributed by atoms with Crippen molar-refractivity contribution in [3.05, 3.63) is 51.6 Å². The topological polar surface area (TPSA) is 57.9 Å². The summed E-state index contributed by atoms with van der Waals surface area (Å²) in [5.41, 5.74) is 0.797. The van der Waals surface area contributed by atoms with Crippen molar-refractivity contribution in [3.63, 3.8) is 0 Å². The van der Waals surface area contributed by atoms with Crippen molar-refractivity contribution in [2.24, 2.45) is 0 Å². The summed E-state index contributed by atoms with van der Waals surface area (Å²) in [4.78, 5) is 12.4. The molecule has 1 aromatic heterocycles. The Morgan fingerprint density at radius 3 is 2.52 bits per heavy atom. The van der Waals surface area contributed by atoms with Gasteiger partial charge in [-0.3, -0.25) is 4.79 Å². The molecule has 0 saturated heterocycles. The summed E-state index contributed by atoms with van der Waals surface area (Å²) in [5, 5.41) is 0.809. The van der Waals surface area contributed by atoms with Gasteiger partial charge >= 0.3 is 0 Å². The number of hydrogen-bond donors (Lipinski definition) is 0. The highest BCUT2D eigenvalue weighted by Crippen LogP contribution is 2.41. The Morgan fingerprint density at radius 1 is 1.08 bits per heavy atom. The first-order chi connectivity index (χ1) is 12.1. The van der Waals surface area contributed by atoms with E-state index < -0.39 is 0 Å². The third-order valence-electron chi connectivity index (χ3n) is 3.74. The molecule has 0 saturated carbocycles. The highest BCUT2D eigenvalue weighted by atomic mass is 35.5. The Morgan fingerprint density at radius 2 is 1.84 bits per heavy atom. The molecule has 0 aliphatic rings. The molecule has 0 aliphatic carbocycles. The molecular formula is C19H17ClO5. The van der Waals surface area contributed by atoms with Gasteiger partial charge in [-0.1, -0.05) is 17.7 Å². The van der Waals surface area contributed by atoms with Gasteiger partial charge in [0, 0.05) is 11.6 Å². The maximum atomic E-state index is 12.4. The van der Waals surface area contributed by atoms with Gasteiger partial charge in [-0.25, -0.2) is 0 Å². The van der Waals surface area contributed by atoms with Gasteiger partial charge in [0.1, 0.15) is 5.76 Å². The molecule has 0 N–H and O–H groups in total. The van der Waals surface area contributed by atoms with Crippen LogP contribution in [0.15, 0.2) is 45.6 Å².